The van der Waals surface area contributed by atoms with E-state index in [1.54, 1.807) is 4.90 Å². The van der Waals surface area contributed by atoms with Crippen molar-refractivity contribution in [2.75, 3.05) is 20.1 Å². The minimum absolute atomic E-state index is 0.213. The summed E-state index contributed by atoms with van der Waals surface area (Å²) in [7, 11) is 1.82. The smallest absolute Gasteiger partial charge is 0.280 e. The molecule has 8 rings (SSSR count). The number of likely N-dealkylation sites (N-methyl/N-ethyl adjacent to an activating group) is 1. The summed E-state index contributed by atoms with van der Waals surface area (Å²) in [5.41, 5.74) is 0.847. The van der Waals surface area contributed by atoms with Gasteiger partial charge in [0, 0.05) is 48.9 Å². The molecule has 0 bridgehead atoms. The maximum atomic E-state index is 14.2. The fourth-order valence-corrected chi connectivity index (χ4v) is 8.64. The fraction of sp³-hybridized carbons (Fsp3) is 0.485. The number of piperazine rings is 1. The van der Waals surface area contributed by atoms with Crippen molar-refractivity contribution >= 4 is 28.6 Å². The first-order chi connectivity index (χ1) is 21.0. The van der Waals surface area contributed by atoms with Crippen LogP contribution in [0.2, 0.25) is 0 Å². The van der Waals surface area contributed by atoms with E-state index >= 15 is 0 Å². The van der Waals surface area contributed by atoms with E-state index in [9.17, 15) is 24.6 Å². The molecule has 0 spiro atoms. The third kappa shape index (κ3) is 3.73. The second-order valence-electron chi connectivity index (χ2n) is 13.4. The Labute approximate surface area is 254 Å². The summed E-state index contributed by atoms with van der Waals surface area (Å²) >= 11 is 0. The molecule has 4 aliphatic heterocycles. The van der Waals surface area contributed by atoms with Gasteiger partial charge in [-0.2, -0.15) is 0 Å². The van der Waals surface area contributed by atoms with Gasteiger partial charge in [-0.05, 0) is 56.0 Å². The third-order valence-electron chi connectivity index (χ3n) is 10.8. The normalized spacial score (nSPS) is 36.4. The zero-order valence-electron chi connectivity index (χ0n) is 24.8. The molecule has 230 valence electrons. The van der Waals surface area contributed by atoms with Crippen LogP contribution >= 0.6 is 0 Å². The number of benzene rings is 2. The van der Waals surface area contributed by atoms with E-state index in [1.165, 1.54) is 11.8 Å². The first-order valence-corrected chi connectivity index (χ1v) is 15.5. The molecule has 4 saturated heterocycles. The number of hydrogen-bond acceptors (Lipinski definition) is 7. The van der Waals surface area contributed by atoms with Crippen molar-refractivity contribution in [1.29, 1.82) is 0 Å². The van der Waals surface area contributed by atoms with Crippen LogP contribution in [0.15, 0.2) is 54.7 Å². The van der Waals surface area contributed by atoms with Crippen LogP contribution in [0.25, 0.3) is 10.9 Å². The van der Waals surface area contributed by atoms with E-state index in [4.69, 9.17) is 4.74 Å². The van der Waals surface area contributed by atoms with Crippen molar-refractivity contribution in [3.8, 4) is 0 Å². The quantitative estimate of drug-likeness (QED) is 0.356. The van der Waals surface area contributed by atoms with E-state index in [2.05, 4.69) is 10.3 Å². The molecule has 5 aliphatic rings. The van der Waals surface area contributed by atoms with E-state index in [1.807, 2.05) is 66.7 Å². The number of aliphatic hydroxyl groups is 2. The monoisotopic (exact) mass is 599 g/mol. The number of fused-ring (bicyclic) bond motifs is 5. The second kappa shape index (κ2) is 9.37. The second-order valence-corrected chi connectivity index (χ2v) is 13.4. The van der Waals surface area contributed by atoms with Crippen molar-refractivity contribution < 1.29 is 29.3 Å². The molecule has 1 aliphatic carbocycles. The SMILES string of the molecule is CN1C[C@H](C(=O)N[C@]2(C)O[C@@]3(O)[C@@H]4CCCN4C(=O)[C@H](Cc4ccccc4)N3C2=O)CC2c3cccc4[nH]cc(c34)CC21O. The highest BCUT2D eigenvalue weighted by molar-refractivity contribution is 5.97. The van der Waals surface area contributed by atoms with Gasteiger partial charge in [-0.15, -0.1) is 0 Å². The van der Waals surface area contributed by atoms with E-state index in [-0.39, 0.29) is 24.8 Å². The maximum absolute atomic E-state index is 14.2. The molecule has 2 aromatic carbocycles. The highest BCUT2D eigenvalue weighted by atomic mass is 16.7. The van der Waals surface area contributed by atoms with Crippen LogP contribution in [0, 0.1) is 5.92 Å². The number of hydrogen-bond donors (Lipinski definition) is 4. The zero-order valence-corrected chi connectivity index (χ0v) is 24.8. The molecule has 4 fully saturated rings. The number of aromatic nitrogens is 1. The van der Waals surface area contributed by atoms with Crippen molar-refractivity contribution in [2.45, 2.75) is 74.4 Å². The minimum Gasteiger partial charge on any atom is -0.375 e. The third-order valence-corrected chi connectivity index (χ3v) is 10.8. The van der Waals surface area contributed by atoms with Gasteiger partial charge in [0.2, 0.25) is 17.5 Å². The summed E-state index contributed by atoms with van der Waals surface area (Å²) in [5.74, 6) is -4.24. The van der Waals surface area contributed by atoms with Crippen LogP contribution < -0.4 is 5.32 Å². The first-order valence-electron chi connectivity index (χ1n) is 15.5. The number of carbonyl (C=O) groups excluding carboxylic acids is 3. The first kappa shape index (κ1) is 27.8. The van der Waals surface area contributed by atoms with Gasteiger partial charge in [-0.1, -0.05) is 42.5 Å². The number of aromatic amines is 1. The van der Waals surface area contributed by atoms with Gasteiger partial charge in [0.25, 0.3) is 11.8 Å². The largest absolute Gasteiger partial charge is 0.375 e. The number of amides is 3. The van der Waals surface area contributed by atoms with E-state index < -0.39 is 47.2 Å². The number of carbonyl (C=O) groups is 3. The lowest BCUT2D eigenvalue weighted by atomic mass is 9.69. The van der Waals surface area contributed by atoms with Crippen molar-refractivity contribution in [1.82, 2.24) is 25.0 Å². The van der Waals surface area contributed by atoms with Crippen LogP contribution in [0.1, 0.15) is 48.8 Å². The molecular weight excluding hydrogens is 562 g/mol. The lowest BCUT2D eigenvalue weighted by molar-refractivity contribution is -0.315. The Morgan fingerprint density at radius 1 is 1.14 bits per heavy atom. The molecule has 0 radical (unpaired) electrons. The van der Waals surface area contributed by atoms with Crippen molar-refractivity contribution in [3.05, 3.63) is 71.4 Å². The fourth-order valence-electron chi connectivity index (χ4n) is 8.64. The highest BCUT2D eigenvalue weighted by Gasteiger charge is 2.70. The maximum Gasteiger partial charge on any atom is 0.280 e. The molecule has 3 aromatic rings. The Hall–Kier alpha value is -3.77. The van der Waals surface area contributed by atoms with E-state index in [0.29, 0.717) is 32.2 Å². The minimum atomic E-state index is -2.07. The van der Waals surface area contributed by atoms with Gasteiger partial charge in [0.05, 0.1) is 5.92 Å². The predicted molar refractivity (Wildman–Crippen MR) is 159 cm³/mol. The summed E-state index contributed by atoms with van der Waals surface area (Å²) in [5, 5.41) is 27.9. The van der Waals surface area contributed by atoms with E-state index in [0.717, 1.165) is 27.6 Å². The predicted octanol–water partition coefficient (Wildman–Crippen LogP) is 1.40. The summed E-state index contributed by atoms with van der Waals surface area (Å²) in [4.78, 5) is 49.9. The molecule has 7 atom stereocenters. The summed E-state index contributed by atoms with van der Waals surface area (Å²) in [6.45, 7) is 2.21. The van der Waals surface area contributed by atoms with Gasteiger partial charge in [0.1, 0.15) is 17.8 Å². The topological polar surface area (TPSA) is 138 Å². The lowest BCUT2D eigenvalue weighted by Crippen LogP contribution is -2.71. The van der Waals surface area contributed by atoms with Crippen LogP contribution in [-0.4, -0.2) is 97.2 Å². The van der Waals surface area contributed by atoms with Gasteiger partial charge >= 0.3 is 0 Å². The number of nitrogens with zero attached hydrogens (tertiary/aromatic N) is 3. The van der Waals surface area contributed by atoms with Crippen molar-refractivity contribution in [2.24, 2.45) is 5.92 Å². The Bertz CT molecular complexity index is 1690. The Morgan fingerprint density at radius 2 is 1.93 bits per heavy atom. The standard InChI is InChI=1S/C33H37N5O6/c1-31(30(41)38-25(14-19-8-4-3-5-9-19)29(40)37-13-7-12-26(37)33(38,43)44-31)35-28(39)20-15-23-22-10-6-11-24-27(22)21(17-34-24)16-32(23,42)36(2)18-20/h3-6,8-11,17,20,23,25-26,34,42-43H,7,12-16,18H2,1-2H3,(H,35,39)/t20-,23?,25+,26+,31-,32?,33+/m1/s1. The average Bonchev–Trinajstić information content (AvgIpc) is 3.70. The number of H-pyrrole nitrogens is 1. The Morgan fingerprint density at radius 3 is 2.73 bits per heavy atom. The van der Waals surface area contributed by atoms with Gasteiger partial charge < -0.3 is 25.4 Å². The summed E-state index contributed by atoms with van der Waals surface area (Å²) in [6, 6.07) is 13.7. The number of rotatable bonds is 4. The number of ether oxygens (including phenoxy) is 1. The molecule has 2 unspecified atom stereocenters. The Balaban J connectivity index is 1.09. The molecule has 44 heavy (non-hydrogen) atoms. The van der Waals surface area contributed by atoms with Gasteiger partial charge in [-0.25, -0.2) is 0 Å². The molecule has 3 amide bonds. The Kier molecular flexibility index (Phi) is 5.91. The number of likely N-dealkylation sites (tertiary alicyclic amines) is 1. The van der Waals surface area contributed by atoms with Gasteiger partial charge in [-0.3, -0.25) is 28.9 Å². The zero-order chi connectivity index (χ0) is 30.6. The lowest BCUT2D eigenvalue weighted by Gasteiger charge is -2.51. The highest BCUT2D eigenvalue weighted by Crippen LogP contribution is 2.50. The summed E-state index contributed by atoms with van der Waals surface area (Å²) in [6.07, 6.45) is 4.13. The molecule has 11 heteroatoms. The molecule has 4 N–H and O–H groups in total. The summed E-state index contributed by atoms with van der Waals surface area (Å²) < 4.78 is 6.22. The van der Waals surface area contributed by atoms with Crippen molar-refractivity contribution in [3.63, 3.8) is 0 Å². The van der Waals surface area contributed by atoms with Crippen LogP contribution in [0.3, 0.4) is 0 Å². The molecule has 1 aromatic heterocycles. The molecule has 11 nitrogen and oxygen atoms in total. The van der Waals surface area contributed by atoms with Crippen LogP contribution in [0.4, 0.5) is 0 Å². The average molecular weight is 600 g/mol. The number of nitrogens with one attached hydrogen (secondary N) is 2. The molecule has 5 heterocycles. The number of piperidine rings is 1. The van der Waals surface area contributed by atoms with Crippen LogP contribution in [-0.2, 0) is 32.0 Å². The van der Waals surface area contributed by atoms with Crippen LogP contribution in [0.5, 0.6) is 0 Å². The van der Waals surface area contributed by atoms with Gasteiger partial charge in [0.15, 0.2) is 0 Å². The molecule has 0 saturated carbocycles. The molecular formula is C33H37N5O6.